The Balaban J connectivity index is 3.70. The predicted octanol–water partition coefficient (Wildman–Crippen LogP) is 8.00. The summed E-state index contributed by atoms with van der Waals surface area (Å²) in [5.74, 6) is 0. The number of rotatable bonds is 20. The van der Waals surface area contributed by atoms with Gasteiger partial charge in [0.1, 0.15) is 0 Å². The minimum atomic E-state index is -1.91. The van der Waals surface area contributed by atoms with E-state index in [0.29, 0.717) is 0 Å². The molecule has 0 aromatic carbocycles. The molecule has 0 aliphatic heterocycles. The molecule has 0 amide bonds. The standard InChI is InChI=1S/C22H48O2Si/c1-5-7-9-11-13-15-17-19-21-25(23-3,24-4)22-20-18-16-14-12-10-8-6-2/h5-22H2,1-4H3. The van der Waals surface area contributed by atoms with Crippen molar-refractivity contribution in [2.75, 3.05) is 14.2 Å². The first-order chi connectivity index (χ1) is 12.2. The quantitative estimate of drug-likeness (QED) is 0.159. The van der Waals surface area contributed by atoms with Gasteiger partial charge in [-0.05, 0) is 12.1 Å². The molecular weight excluding hydrogens is 324 g/mol. The second-order valence-corrected chi connectivity index (χ2v) is 11.4. The first kappa shape index (κ1) is 25.1. The fraction of sp³-hybridized carbons (Fsp3) is 1.00. The molecule has 0 N–H and O–H groups in total. The monoisotopic (exact) mass is 372 g/mol. The van der Waals surface area contributed by atoms with Gasteiger partial charge in [-0.15, -0.1) is 0 Å². The summed E-state index contributed by atoms with van der Waals surface area (Å²) in [6.07, 6.45) is 22.1. The van der Waals surface area contributed by atoms with E-state index in [1.807, 2.05) is 14.2 Å². The smallest absolute Gasteiger partial charge is 0.337 e. The summed E-state index contributed by atoms with van der Waals surface area (Å²) in [7, 11) is 1.85. The molecule has 152 valence electrons. The van der Waals surface area contributed by atoms with Crippen LogP contribution in [0, 0.1) is 0 Å². The van der Waals surface area contributed by atoms with E-state index in [1.165, 1.54) is 115 Å². The van der Waals surface area contributed by atoms with Crippen LogP contribution in [-0.4, -0.2) is 22.8 Å². The Morgan fingerprint density at radius 2 is 0.720 bits per heavy atom. The molecule has 0 aliphatic rings. The van der Waals surface area contributed by atoms with Crippen molar-refractivity contribution in [2.24, 2.45) is 0 Å². The highest BCUT2D eigenvalue weighted by atomic mass is 28.4. The van der Waals surface area contributed by atoms with E-state index in [9.17, 15) is 0 Å². The molecule has 2 nitrogen and oxygen atoms in total. The summed E-state index contributed by atoms with van der Waals surface area (Å²) in [5, 5.41) is 0. The minimum Gasteiger partial charge on any atom is -0.398 e. The van der Waals surface area contributed by atoms with E-state index in [2.05, 4.69) is 13.8 Å². The zero-order valence-corrected chi connectivity index (χ0v) is 19.0. The van der Waals surface area contributed by atoms with Crippen LogP contribution >= 0.6 is 0 Å². The van der Waals surface area contributed by atoms with Gasteiger partial charge in [0.05, 0.1) is 0 Å². The van der Waals surface area contributed by atoms with Crippen LogP contribution in [0.15, 0.2) is 0 Å². The van der Waals surface area contributed by atoms with Crippen LogP contribution < -0.4 is 0 Å². The Morgan fingerprint density at radius 3 is 1.00 bits per heavy atom. The van der Waals surface area contributed by atoms with E-state index in [1.54, 1.807) is 0 Å². The average molecular weight is 373 g/mol. The van der Waals surface area contributed by atoms with Crippen molar-refractivity contribution in [3.63, 3.8) is 0 Å². The van der Waals surface area contributed by atoms with Crippen molar-refractivity contribution in [3.05, 3.63) is 0 Å². The Kier molecular flexibility index (Phi) is 19.0. The molecule has 0 aromatic heterocycles. The van der Waals surface area contributed by atoms with Gasteiger partial charge in [0.15, 0.2) is 0 Å². The molecule has 0 bridgehead atoms. The Bertz CT molecular complexity index is 232. The fourth-order valence-electron chi connectivity index (χ4n) is 3.67. The van der Waals surface area contributed by atoms with Crippen molar-refractivity contribution < 1.29 is 8.85 Å². The van der Waals surface area contributed by atoms with Crippen LogP contribution in [0.25, 0.3) is 0 Å². The van der Waals surface area contributed by atoms with Gasteiger partial charge in [-0.2, -0.15) is 0 Å². The molecule has 0 unspecified atom stereocenters. The first-order valence-electron chi connectivity index (χ1n) is 11.3. The molecular formula is C22H48O2Si. The van der Waals surface area contributed by atoms with Gasteiger partial charge in [0, 0.05) is 14.2 Å². The third-order valence-electron chi connectivity index (χ3n) is 5.57. The van der Waals surface area contributed by atoms with Gasteiger partial charge in [-0.3, -0.25) is 0 Å². The van der Waals surface area contributed by atoms with Crippen molar-refractivity contribution in [2.45, 2.75) is 129 Å². The Morgan fingerprint density at radius 1 is 0.440 bits per heavy atom. The summed E-state index contributed by atoms with van der Waals surface area (Å²) in [6, 6.07) is 2.37. The molecule has 0 saturated carbocycles. The molecule has 0 rings (SSSR count). The highest BCUT2D eigenvalue weighted by molar-refractivity contribution is 6.67. The van der Waals surface area contributed by atoms with E-state index in [-0.39, 0.29) is 0 Å². The Hall–Kier alpha value is 0.137. The second-order valence-electron chi connectivity index (χ2n) is 7.77. The lowest BCUT2D eigenvalue weighted by Gasteiger charge is -2.27. The fourth-order valence-corrected chi connectivity index (χ4v) is 6.48. The lowest BCUT2D eigenvalue weighted by molar-refractivity contribution is 0.238. The number of hydrogen-bond donors (Lipinski definition) is 0. The SMILES string of the molecule is CCCCCCCCCC[Si](CCCCCCCCCC)(OC)OC. The third kappa shape index (κ3) is 14.9. The summed E-state index contributed by atoms with van der Waals surface area (Å²) < 4.78 is 11.8. The number of unbranched alkanes of at least 4 members (excludes halogenated alkanes) is 14. The molecule has 0 atom stereocenters. The molecule has 0 aromatic rings. The van der Waals surface area contributed by atoms with Crippen LogP contribution in [0.5, 0.6) is 0 Å². The van der Waals surface area contributed by atoms with Crippen LogP contribution in [-0.2, 0) is 8.85 Å². The van der Waals surface area contributed by atoms with Gasteiger partial charge in [-0.1, -0.05) is 117 Å². The summed E-state index contributed by atoms with van der Waals surface area (Å²) >= 11 is 0. The van der Waals surface area contributed by atoms with Gasteiger partial charge in [0.2, 0.25) is 0 Å². The molecule has 0 saturated heterocycles. The van der Waals surface area contributed by atoms with Crippen LogP contribution in [0.2, 0.25) is 12.1 Å². The zero-order valence-electron chi connectivity index (χ0n) is 18.0. The van der Waals surface area contributed by atoms with Gasteiger partial charge in [-0.25, -0.2) is 0 Å². The maximum Gasteiger partial charge on any atom is 0.337 e. The molecule has 0 fully saturated rings. The third-order valence-corrected chi connectivity index (χ3v) is 9.29. The van der Waals surface area contributed by atoms with Crippen LogP contribution in [0.4, 0.5) is 0 Å². The average Bonchev–Trinajstić information content (AvgIpc) is 2.64. The maximum absolute atomic E-state index is 5.92. The van der Waals surface area contributed by atoms with Crippen molar-refractivity contribution in [1.29, 1.82) is 0 Å². The van der Waals surface area contributed by atoms with E-state index in [4.69, 9.17) is 8.85 Å². The Labute approximate surface area is 160 Å². The van der Waals surface area contributed by atoms with E-state index < -0.39 is 8.56 Å². The largest absolute Gasteiger partial charge is 0.398 e. The lowest BCUT2D eigenvalue weighted by atomic mass is 10.1. The predicted molar refractivity (Wildman–Crippen MR) is 115 cm³/mol. The summed E-state index contributed by atoms with van der Waals surface area (Å²) in [4.78, 5) is 0. The normalized spacial score (nSPS) is 12.0. The molecule has 0 heterocycles. The van der Waals surface area contributed by atoms with Crippen LogP contribution in [0.3, 0.4) is 0 Å². The molecule has 0 spiro atoms. The van der Waals surface area contributed by atoms with Crippen molar-refractivity contribution in [3.8, 4) is 0 Å². The molecule has 3 heteroatoms. The number of hydrogen-bond acceptors (Lipinski definition) is 2. The van der Waals surface area contributed by atoms with Crippen molar-refractivity contribution >= 4 is 8.56 Å². The highest BCUT2D eigenvalue weighted by Crippen LogP contribution is 2.25. The van der Waals surface area contributed by atoms with Crippen molar-refractivity contribution in [1.82, 2.24) is 0 Å². The minimum absolute atomic E-state index is 1.19. The highest BCUT2D eigenvalue weighted by Gasteiger charge is 2.33. The summed E-state index contributed by atoms with van der Waals surface area (Å²) in [6.45, 7) is 4.57. The van der Waals surface area contributed by atoms with Gasteiger partial charge >= 0.3 is 8.56 Å². The first-order valence-corrected chi connectivity index (χ1v) is 13.6. The van der Waals surface area contributed by atoms with Crippen LogP contribution in [0.1, 0.15) is 117 Å². The molecule has 0 radical (unpaired) electrons. The van der Waals surface area contributed by atoms with Gasteiger partial charge < -0.3 is 8.85 Å². The maximum atomic E-state index is 5.92. The van der Waals surface area contributed by atoms with E-state index in [0.717, 1.165) is 0 Å². The van der Waals surface area contributed by atoms with E-state index >= 15 is 0 Å². The summed E-state index contributed by atoms with van der Waals surface area (Å²) in [5.41, 5.74) is 0. The lowest BCUT2D eigenvalue weighted by Crippen LogP contribution is -2.39. The topological polar surface area (TPSA) is 18.5 Å². The second kappa shape index (κ2) is 18.9. The molecule has 25 heavy (non-hydrogen) atoms. The zero-order chi connectivity index (χ0) is 18.6. The molecule has 0 aliphatic carbocycles. The van der Waals surface area contributed by atoms with Gasteiger partial charge in [0.25, 0.3) is 0 Å².